The van der Waals surface area contributed by atoms with Gasteiger partial charge in [0, 0.05) is 24.3 Å². The third-order valence-corrected chi connectivity index (χ3v) is 4.43. The Bertz CT molecular complexity index is 664. The molecule has 2 aromatic rings. The second-order valence-corrected chi connectivity index (χ2v) is 6.02. The van der Waals surface area contributed by atoms with Crippen molar-refractivity contribution in [3.8, 4) is 11.1 Å². The number of benzene rings is 1. The average molecular weight is 364 g/mol. The molecule has 0 unspecified atom stereocenters. The minimum Gasteiger partial charge on any atom is -0.378 e. The number of carbonyl (C=O) groups is 1. The molecule has 0 atom stereocenters. The molecule has 6 heteroatoms. The summed E-state index contributed by atoms with van der Waals surface area (Å²) in [6.07, 6.45) is 0. The van der Waals surface area contributed by atoms with Gasteiger partial charge in [-0.1, -0.05) is 30.3 Å². The number of carbonyl (C=O) groups excluding carboxylic acids is 1. The fraction of sp³-hybridized carbons (Fsp3) is 0.375. The van der Waals surface area contributed by atoms with Gasteiger partial charge in [-0.25, -0.2) is 0 Å². The van der Waals surface area contributed by atoms with Crippen molar-refractivity contribution in [3.05, 3.63) is 40.6 Å². The highest BCUT2D eigenvalue weighted by Gasteiger charge is 2.20. The summed E-state index contributed by atoms with van der Waals surface area (Å²) in [5.41, 5.74) is 3.12. The molecule has 1 aliphatic heterocycles. The number of morpholine rings is 1. The van der Waals surface area contributed by atoms with Crippen LogP contribution in [0, 0.1) is 6.92 Å². The first-order valence-corrected chi connectivity index (χ1v) is 8.10. The minimum absolute atomic E-state index is 0.0843. The van der Waals surface area contributed by atoms with Crippen LogP contribution in [0.5, 0.6) is 0 Å². The van der Waals surface area contributed by atoms with E-state index in [1.54, 1.807) is 4.68 Å². The largest absolute Gasteiger partial charge is 0.378 e. The van der Waals surface area contributed by atoms with Crippen molar-refractivity contribution in [2.75, 3.05) is 26.3 Å². The summed E-state index contributed by atoms with van der Waals surface area (Å²) in [4.78, 5) is 14.2. The SMILES string of the molecule is Cc1c(-c2ccccc2)c(Br)nn1CC(=O)N1CCOCC1. The molecule has 1 aromatic heterocycles. The third-order valence-electron chi connectivity index (χ3n) is 3.88. The third kappa shape index (κ3) is 3.08. The molecule has 1 fully saturated rings. The normalized spacial score (nSPS) is 15.1. The maximum atomic E-state index is 12.4. The van der Waals surface area contributed by atoms with Crippen molar-refractivity contribution in [2.24, 2.45) is 0 Å². The van der Waals surface area contributed by atoms with E-state index < -0.39 is 0 Å². The topological polar surface area (TPSA) is 47.4 Å². The molecule has 1 amide bonds. The molecule has 116 valence electrons. The van der Waals surface area contributed by atoms with Crippen LogP contribution in [-0.2, 0) is 16.1 Å². The first kappa shape index (κ1) is 15.2. The summed E-state index contributed by atoms with van der Waals surface area (Å²) in [5.74, 6) is 0.0843. The zero-order valence-corrected chi connectivity index (χ0v) is 14.0. The fourth-order valence-corrected chi connectivity index (χ4v) is 3.34. The molecule has 1 saturated heterocycles. The van der Waals surface area contributed by atoms with Gasteiger partial charge < -0.3 is 9.64 Å². The number of hydrogen-bond donors (Lipinski definition) is 0. The van der Waals surface area contributed by atoms with Gasteiger partial charge in [0.15, 0.2) is 0 Å². The first-order valence-electron chi connectivity index (χ1n) is 7.30. The van der Waals surface area contributed by atoms with Gasteiger partial charge in [0.05, 0.1) is 13.2 Å². The van der Waals surface area contributed by atoms with Gasteiger partial charge in [-0.15, -0.1) is 0 Å². The van der Waals surface area contributed by atoms with Crippen LogP contribution in [0.3, 0.4) is 0 Å². The van der Waals surface area contributed by atoms with Crippen molar-refractivity contribution < 1.29 is 9.53 Å². The highest BCUT2D eigenvalue weighted by Crippen LogP contribution is 2.30. The lowest BCUT2D eigenvalue weighted by molar-refractivity contribution is -0.136. The number of rotatable bonds is 3. The lowest BCUT2D eigenvalue weighted by Gasteiger charge is -2.26. The van der Waals surface area contributed by atoms with Crippen molar-refractivity contribution in [2.45, 2.75) is 13.5 Å². The van der Waals surface area contributed by atoms with E-state index in [-0.39, 0.29) is 12.5 Å². The molecular formula is C16H18BrN3O2. The quantitative estimate of drug-likeness (QED) is 0.841. The van der Waals surface area contributed by atoms with Gasteiger partial charge >= 0.3 is 0 Å². The zero-order valence-electron chi connectivity index (χ0n) is 12.5. The van der Waals surface area contributed by atoms with Crippen LogP contribution < -0.4 is 0 Å². The standard InChI is InChI=1S/C16H18BrN3O2/c1-12-15(13-5-3-2-4-6-13)16(17)18-20(12)11-14(21)19-7-9-22-10-8-19/h2-6H,7-11H2,1H3. The summed E-state index contributed by atoms with van der Waals surface area (Å²) in [7, 11) is 0. The Morgan fingerprint density at radius 2 is 1.95 bits per heavy atom. The molecule has 1 aliphatic rings. The predicted molar refractivity (Wildman–Crippen MR) is 87.5 cm³/mol. The van der Waals surface area contributed by atoms with E-state index in [0.29, 0.717) is 26.3 Å². The van der Waals surface area contributed by atoms with Crippen LogP contribution in [0.4, 0.5) is 0 Å². The number of halogens is 1. The molecule has 0 aliphatic carbocycles. The Labute approximate surface area is 138 Å². The molecule has 1 aromatic carbocycles. The molecule has 0 saturated carbocycles. The smallest absolute Gasteiger partial charge is 0.244 e. The molecule has 3 rings (SSSR count). The van der Waals surface area contributed by atoms with Crippen molar-refractivity contribution >= 4 is 21.8 Å². The van der Waals surface area contributed by atoms with Gasteiger partial charge in [0.25, 0.3) is 0 Å². The molecule has 5 nitrogen and oxygen atoms in total. The van der Waals surface area contributed by atoms with Crippen molar-refractivity contribution in [1.82, 2.24) is 14.7 Å². The molecule has 0 bridgehead atoms. The number of hydrogen-bond acceptors (Lipinski definition) is 3. The van der Waals surface area contributed by atoms with E-state index >= 15 is 0 Å². The van der Waals surface area contributed by atoms with Crippen LogP contribution in [0.15, 0.2) is 34.9 Å². The van der Waals surface area contributed by atoms with E-state index in [2.05, 4.69) is 21.0 Å². The molecule has 22 heavy (non-hydrogen) atoms. The van der Waals surface area contributed by atoms with E-state index in [1.165, 1.54) is 0 Å². The van der Waals surface area contributed by atoms with Crippen LogP contribution in [-0.4, -0.2) is 46.9 Å². The summed E-state index contributed by atoms with van der Waals surface area (Å²) >= 11 is 3.51. The lowest BCUT2D eigenvalue weighted by Crippen LogP contribution is -2.42. The maximum Gasteiger partial charge on any atom is 0.244 e. The average Bonchev–Trinajstić information content (AvgIpc) is 2.83. The van der Waals surface area contributed by atoms with Crippen LogP contribution >= 0.6 is 15.9 Å². The summed E-state index contributed by atoms with van der Waals surface area (Å²) in [5, 5.41) is 4.48. The summed E-state index contributed by atoms with van der Waals surface area (Å²) in [6.45, 7) is 4.80. The Kier molecular flexibility index (Phi) is 4.59. The van der Waals surface area contributed by atoms with Crippen molar-refractivity contribution in [3.63, 3.8) is 0 Å². The van der Waals surface area contributed by atoms with Gasteiger partial charge in [-0.2, -0.15) is 5.10 Å². The molecule has 0 radical (unpaired) electrons. The van der Waals surface area contributed by atoms with Gasteiger partial charge in [-0.3, -0.25) is 9.48 Å². The Hall–Kier alpha value is -1.66. The van der Waals surface area contributed by atoms with Gasteiger partial charge in [-0.05, 0) is 28.4 Å². The predicted octanol–water partition coefficient (Wildman–Crippen LogP) is 2.48. The van der Waals surface area contributed by atoms with Crippen LogP contribution in [0.1, 0.15) is 5.69 Å². The number of ether oxygens (including phenoxy) is 1. The van der Waals surface area contributed by atoms with Crippen molar-refractivity contribution in [1.29, 1.82) is 0 Å². The van der Waals surface area contributed by atoms with E-state index in [4.69, 9.17) is 4.74 Å². The second-order valence-electron chi connectivity index (χ2n) is 5.27. The molecule has 2 heterocycles. The molecular weight excluding hydrogens is 346 g/mol. The molecule has 0 N–H and O–H groups in total. The lowest BCUT2D eigenvalue weighted by atomic mass is 10.1. The highest BCUT2D eigenvalue weighted by atomic mass is 79.9. The zero-order chi connectivity index (χ0) is 15.5. The summed E-state index contributed by atoms with van der Waals surface area (Å²) < 4.78 is 7.82. The monoisotopic (exact) mass is 363 g/mol. The van der Waals surface area contributed by atoms with Crippen LogP contribution in [0.25, 0.3) is 11.1 Å². The first-order chi connectivity index (χ1) is 10.7. The number of nitrogens with zero attached hydrogens (tertiary/aromatic N) is 3. The molecule has 0 spiro atoms. The van der Waals surface area contributed by atoms with E-state index in [9.17, 15) is 4.79 Å². The van der Waals surface area contributed by atoms with Gasteiger partial charge in [0.1, 0.15) is 11.1 Å². The van der Waals surface area contributed by atoms with Crippen LogP contribution in [0.2, 0.25) is 0 Å². The fourth-order valence-electron chi connectivity index (χ4n) is 2.64. The van der Waals surface area contributed by atoms with E-state index in [1.807, 2.05) is 42.2 Å². The minimum atomic E-state index is 0.0843. The Balaban J connectivity index is 1.82. The second kappa shape index (κ2) is 6.62. The van der Waals surface area contributed by atoms with Gasteiger partial charge in [0.2, 0.25) is 5.91 Å². The highest BCUT2D eigenvalue weighted by molar-refractivity contribution is 9.10. The number of amides is 1. The summed E-state index contributed by atoms with van der Waals surface area (Å²) in [6, 6.07) is 10.1. The van der Waals surface area contributed by atoms with E-state index in [0.717, 1.165) is 21.4 Å². The Morgan fingerprint density at radius 3 is 2.64 bits per heavy atom. The Morgan fingerprint density at radius 1 is 1.27 bits per heavy atom. The maximum absolute atomic E-state index is 12.4. The number of aromatic nitrogens is 2.